The SMILES string of the molecule is FC(F)(F)c1cccc(N2CCN(C3CCN(C[C@H]4CCCCO4)CC3)CC2)n1. The van der Waals surface area contributed by atoms with Crippen molar-refractivity contribution in [1.82, 2.24) is 14.8 Å². The first-order valence-electron chi connectivity index (χ1n) is 10.9. The monoisotopic (exact) mass is 412 g/mol. The van der Waals surface area contributed by atoms with E-state index in [-0.39, 0.29) is 0 Å². The largest absolute Gasteiger partial charge is 0.433 e. The summed E-state index contributed by atoms with van der Waals surface area (Å²) >= 11 is 0. The normalized spacial score (nSPS) is 26.0. The second-order valence-corrected chi connectivity index (χ2v) is 8.42. The summed E-state index contributed by atoms with van der Waals surface area (Å²) in [5.74, 6) is 0.432. The van der Waals surface area contributed by atoms with Crippen LogP contribution in [0.25, 0.3) is 0 Å². The van der Waals surface area contributed by atoms with Gasteiger partial charge >= 0.3 is 6.18 Å². The molecule has 162 valence electrons. The predicted molar refractivity (Wildman–Crippen MR) is 106 cm³/mol. The molecule has 3 saturated heterocycles. The Morgan fingerprint density at radius 2 is 1.72 bits per heavy atom. The first-order chi connectivity index (χ1) is 14.0. The zero-order valence-electron chi connectivity index (χ0n) is 16.9. The van der Waals surface area contributed by atoms with Gasteiger partial charge in [0.05, 0.1) is 6.10 Å². The lowest BCUT2D eigenvalue weighted by atomic mass is 10.0. The van der Waals surface area contributed by atoms with Gasteiger partial charge in [0.25, 0.3) is 0 Å². The van der Waals surface area contributed by atoms with Crippen molar-refractivity contribution < 1.29 is 17.9 Å². The van der Waals surface area contributed by atoms with E-state index in [9.17, 15) is 13.2 Å². The van der Waals surface area contributed by atoms with Gasteiger partial charge in [0.2, 0.25) is 0 Å². The van der Waals surface area contributed by atoms with Crippen LogP contribution in [0, 0.1) is 0 Å². The Morgan fingerprint density at radius 1 is 0.966 bits per heavy atom. The second-order valence-electron chi connectivity index (χ2n) is 8.42. The van der Waals surface area contributed by atoms with E-state index in [1.54, 1.807) is 6.07 Å². The zero-order valence-corrected chi connectivity index (χ0v) is 16.9. The number of halogens is 3. The van der Waals surface area contributed by atoms with E-state index in [1.807, 2.05) is 4.90 Å². The molecule has 0 aliphatic carbocycles. The van der Waals surface area contributed by atoms with Gasteiger partial charge in [0, 0.05) is 45.4 Å². The maximum atomic E-state index is 12.9. The molecule has 3 aliphatic rings. The molecule has 1 aromatic rings. The van der Waals surface area contributed by atoms with Gasteiger partial charge in [-0.2, -0.15) is 13.2 Å². The fraction of sp³-hybridized carbons (Fsp3) is 0.762. The molecule has 3 aliphatic heterocycles. The van der Waals surface area contributed by atoms with Crippen molar-refractivity contribution in [2.24, 2.45) is 0 Å². The van der Waals surface area contributed by atoms with Crippen LogP contribution < -0.4 is 4.90 Å². The number of anilines is 1. The van der Waals surface area contributed by atoms with Crippen LogP contribution in [0.5, 0.6) is 0 Å². The molecule has 0 radical (unpaired) electrons. The van der Waals surface area contributed by atoms with Crippen LogP contribution in [0.4, 0.5) is 19.0 Å². The summed E-state index contributed by atoms with van der Waals surface area (Å²) in [6, 6.07) is 4.74. The highest BCUT2D eigenvalue weighted by molar-refractivity contribution is 5.40. The summed E-state index contributed by atoms with van der Waals surface area (Å²) in [6.45, 7) is 7.41. The molecule has 4 rings (SSSR count). The molecule has 0 saturated carbocycles. The topological polar surface area (TPSA) is 31.8 Å². The van der Waals surface area contributed by atoms with Crippen molar-refractivity contribution in [2.75, 3.05) is 57.3 Å². The van der Waals surface area contributed by atoms with Crippen LogP contribution in [0.1, 0.15) is 37.8 Å². The van der Waals surface area contributed by atoms with E-state index < -0.39 is 11.9 Å². The Bertz CT molecular complexity index is 650. The van der Waals surface area contributed by atoms with Crippen molar-refractivity contribution >= 4 is 5.82 Å². The molecule has 1 atom stereocenters. The number of piperidine rings is 1. The van der Waals surface area contributed by atoms with Crippen molar-refractivity contribution in [3.63, 3.8) is 0 Å². The van der Waals surface area contributed by atoms with Gasteiger partial charge in [-0.3, -0.25) is 4.90 Å². The van der Waals surface area contributed by atoms with Crippen LogP contribution in [0.3, 0.4) is 0 Å². The molecule has 0 spiro atoms. The maximum Gasteiger partial charge on any atom is 0.433 e. The van der Waals surface area contributed by atoms with E-state index in [1.165, 1.54) is 25.3 Å². The molecule has 8 heteroatoms. The third kappa shape index (κ3) is 5.41. The summed E-state index contributed by atoms with van der Waals surface area (Å²) in [7, 11) is 0. The minimum Gasteiger partial charge on any atom is -0.377 e. The number of hydrogen-bond acceptors (Lipinski definition) is 5. The van der Waals surface area contributed by atoms with E-state index >= 15 is 0 Å². The standard InChI is InChI=1S/C21H31F3N4O/c22-21(23,24)19-5-3-6-20(25-19)28-13-11-27(12-14-28)17-7-9-26(10-8-17)16-18-4-1-2-15-29-18/h3,5-6,17-18H,1-2,4,7-16H2/t18-/m1/s1. The number of aromatic nitrogens is 1. The van der Waals surface area contributed by atoms with Crippen molar-refractivity contribution in [3.05, 3.63) is 23.9 Å². The number of alkyl halides is 3. The van der Waals surface area contributed by atoms with Gasteiger partial charge in [0.15, 0.2) is 0 Å². The van der Waals surface area contributed by atoms with Gasteiger partial charge < -0.3 is 14.5 Å². The van der Waals surface area contributed by atoms with E-state index in [0.717, 1.165) is 71.3 Å². The summed E-state index contributed by atoms with van der Waals surface area (Å²) in [5.41, 5.74) is -0.813. The lowest BCUT2D eigenvalue weighted by molar-refractivity contribution is -0.141. The number of ether oxygens (including phenoxy) is 1. The second kappa shape index (κ2) is 9.18. The van der Waals surface area contributed by atoms with E-state index in [2.05, 4.69) is 14.8 Å². The van der Waals surface area contributed by atoms with E-state index in [0.29, 0.717) is 18.0 Å². The zero-order chi connectivity index (χ0) is 20.3. The van der Waals surface area contributed by atoms with E-state index in [4.69, 9.17) is 4.74 Å². The van der Waals surface area contributed by atoms with Crippen molar-refractivity contribution in [2.45, 2.75) is 50.4 Å². The number of rotatable bonds is 4. The molecular formula is C21H31F3N4O. The molecule has 0 amide bonds. The highest BCUT2D eigenvalue weighted by Gasteiger charge is 2.33. The first kappa shape index (κ1) is 20.9. The smallest absolute Gasteiger partial charge is 0.377 e. The number of piperazine rings is 1. The Hall–Kier alpha value is -1.38. The highest BCUT2D eigenvalue weighted by atomic mass is 19.4. The Kier molecular flexibility index (Phi) is 6.61. The Labute approximate surface area is 170 Å². The maximum absolute atomic E-state index is 12.9. The molecule has 1 aromatic heterocycles. The van der Waals surface area contributed by atoms with Crippen LogP contribution in [-0.4, -0.2) is 79.3 Å². The molecule has 5 nitrogen and oxygen atoms in total. The van der Waals surface area contributed by atoms with Gasteiger partial charge in [-0.15, -0.1) is 0 Å². The third-order valence-corrected chi connectivity index (χ3v) is 6.47. The van der Waals surface area contributed by atoms with Crippen LogP contribution >= 0.6 is 0 Å². The quantitative estimate of drug-likeness (QED) is 0.758. The summed E-state index contributed by atoms with van der Waals surface area (Å²) < 4.78 is 44.6. The van der Waals surface area contributed by atoms with Gasteiger partial charge in [-0.1, -0.05) is 6.07 Å². The number of pyridine rings is 1. The molecule has 0 unspecified atom stereocenters. The molecular weight excluding hydrogens is 381 g/mol. The molecule has 4 heterocycles. The third-order valence-electron chi connectivity index (χ3n) is 6.47. The average Bonchev–Trinajstić information content (AvgIpc) is 2.75. The average molecular weight is 413 g/mol. The van der Waals surface area contributed by atoms with Crippen LogP contribution in [0.2, 0.25) is 0 Å². The lowest BCUT2D eigenvalue weighted by Gasteiger charge is -2.43. The van der Waals surface area contributed by atoms with Crippen LogP contribution in [-0.2, 0) is 10.9 Å². The van der Waals surface area contributed by atoms with Crippen molar-refractivity contribution in [3.8, 4) is 0 Å². The minimum absolute atomic E-state index is 0.406. The first-order valence-corrected chi connectivity index (χ1v) is 10.9. The van der Waals surface area contributed by atoms with Crippen molar-refractivity contribution in [1.29, 1.82) is 0 Å². The minimum atomic E-state index is -4.39. The van der Waals surface area contributed by atoms with Gasteiger partial charge in [-0.25, -0.2) is 4.98 Å². The Morgan fingerprint density at radius 3 is 2.38 bits per heavy atom. The fourth-order valence-electron chi connectivity index (χ4n) is 4.78. The fourth-order valence-corrected chi connectivity index (χ4v) is 4.78. The number of nitrogens with zero attached hydrogens (tertiary/aromatic N) is 4. The number of likely N-dealkylation sites (tertiary alicyclic amines) is 1. The molecule has 0 N–H and O–H groups in total. The summed E-state index contributed by atoms with van der Waals surface area (Å²) in [5, 5.41) is 0. The Balaban J connectivity index is 1.23. The number of hydrogen-bond donors (Lipinski definition) is 0. The van der Waals surface area contributed by atoms with Gasteiger partial charge in [-0.05, 0) is 57.3 Å². The highest BCUT2D eigenvalue weighted by Crippen LogP contribution is 2.29. The summed E-state index contributed by atoms with van der Waals surface area (Å²) in [4.78, 5) is 10.9. The molecule has 0 bridgehead atoms. The molecule has 0 aromatic carbocycles. The molecule has 3 fully saturated rings. The van der Waals surface area contributed by atoms with Crippen LogP contribution in [0.15, 0.2) is 18.2 Å². The van der Waals surface area contributed by atoms with Gasteiger partial charge in [0.1, 0.15) is 11.5 Å². The predicted octanol–water partition coefficient (Wildman–Crippen LogP) is 3.26. The summed E-state index contributed by atoms with van der Waals surface area (Å²) in [6.07, 6.45) is 2.00. The lowest BCUT2D eigenvalue weighted by Crippen LogP contribution is -2.54. The molecule has 29 heavy (non-hydrogen) atoms.